The van der Waals surface area contributed by atoms with Crippen molar-refractivity contribution in [2.24, 2.45) is 5.73 Å². The molecule has 100 valence electrons. The first-order valence-electron chi connectivity index (χ1n) is 5.66. The molecule has 0 heterocycles. The molecule has 3 N–H and O–H groups in total. The molecule has 0 fully saturated rings. The number of unbranched alkanes of at least 4 members (excludes halogenated alkanes) is 1. The van der Waals surface area contributed by atoms with Gasteiger partial charge in [-0.1, -0.05) is 19.8 Å². The number of benzene rings is 1. The first kappa shape index (κ1) is 15.0. The second-order valence-electron chi connectivity index (χ2n) is 3.98. The van der Waals surface area contributed by atoms with E-state index >= 15 is 0 Å². The number of nitrogens with one attached hydrogen (secondary N) is 1. The van der Waals surface area contributed by atoms with E-state index in [0.717, 1.165) is 18.9 Å². The SMILES string of the molecule is CCCC[C@H](N)C(=O)Nc1c(F)cc(F)cc1Br. The third kappa shape index (κ3) is 4.03. The molecule has 1 rings (SSSR count). The number of carbonyl (C=O) groups is 1. The summed E-state index contributed by atoms with van der Waals surface area (Å²) in [5.41, 5.74) is 5.57. The molecule has 1 atom stereocenters. The lowest BCUT2D eigenvalue weighted by molar-refractivity contribution is -0.117. The van der Waals surface area contributed by atoms with E-state index < -0.39 is 23.6 Å². The topological polar surface area (TPSA) is 55.1 Å². The van der Waals surface area contributed by atoms with Crippen molar-refractivity contribution in [2.45, 2.75) is 32.2 Å². The molecular formula is C12H15BrF2N2O. The van der Waals surface area contributed by atoms with E-state index in [-0.39, 0.29) is 10.2 Å². The summed E-state index contributed by atoms with van der Waals surface area (Å²) in [5.74, 6) is -2.03. The van der Waals surface area contributed by atoms with Gasteiger partial charge < -0.3 is 11.1 Å². The molecule has 0 aliphatic carbocycles. The minimum atomic E-state index is -0.835. The smallest absolute Gasteiger partial charge is 0.241 e. The van der Waals surface area contributed by atoms with Crippen molar-refractivity contribution < 1.29 is 13.6 Å². The highest BCUT2D eigenvalue weighted by atomic mass is 79.9. The number of hydrogen-bond acceptors (Lipinski definition) is 2. The molecule has 0 saturated heterocycles. The van der Waals surface area contributed by atoms with E-state index in [1.54, 1.807) is 0 Å². The van der Waals surface area contributed by atoms with E-state index in [1.165, 1.54) is 0 Å². The van der Waals surface area contributed by atoms with Crippen molar-refractivity contribution in [3.63, 3.8) is 0 Å². The number of amides is 1. The zero-order chi connectivity index (χ0) is 13.7. The average Bonchev–Trinajstić information content (AvgIpc) is 2.30. The average molecular weight is 321 g/mol. The van der Waals surface area contributed by atoms with E-state index in [0.29, 0.717) is 12.5 Å². The molecule has 0 aromatic heterocycles. The van der Waals surface area contributed by atoms with Crippen molar-refractivity contribution in [1.82, 2.24) is 0 Å². The van der Waals surface area contributed by atoms with Crippen LogP contribution in [-0.4, -0.2) is 11.9 Å². The van der Waals surface area contributed by atoms with Gasteiger partial charge >= 0.3 is 0 Å². The van der Waals surface area contributed by atoms with Gasteiger partial charge in [-0.05, 0) is 28.4 Å². The van der Waals surface area contributed by atoms with E-state index in [2.05, 4.69) is 21.2 Å². The minimum absolute atomic E-state index is 0.0895. The van der Waals surface area contributed by atoms with Crippen molar-refractivity contribution >= 4 is 27.5 Å². The summed E-state index contributed by atoms with van der Waals surface area (Å²) in [6, 6.07) is 1.09. The summed E-state index contributed by atoms with van der Waals surface area (Å²) in [5, 5.41) is 2.36. The van der Waals surface area contributed by atoms with Gasteiger partial charge in [-0.3, -0.25) is 4.79 Å². The highest BCUT2D eigenvalue weighted by molar-refractivity contribution is 9.10. The van der Waals surface area contributed by atoms with Gasteiger partial charge in [0.15, 0.2) is 5.82 Å². The second kappa shape index (κ2) is 6.80. The van der Waals surface area contributed by atoms with Crippen LogP contribution in [0.1, 0.15) is 26.2 Å². The Labute approximate surface area is 113 Å². The van der Waals surface area contributed by atoms with E-state index in [1.807, 2.05) is 6.92 Å². The van der Waals surface area contributed by atoms with Crippen LogP contribution in [-0.2, 0) is 4.79 Å². The van der Waals surface area contributed by atoms with Crippen LogP contribution in [0.5, 0.6) is 0 Å². The normalized spacial score (nSPS) is 12.3. The molecule has 1 aromatic rings. The Morgan fingerprint density at radius 1 is 1.50 bits per heavy atom. The van der Waals surface area contributed by atoms with Crippen LogP contribution >= 0.6 is 15.9 Å². The maximum atomic E-state index is 13.5. The Bertz CT molecular complexity index is 417. The van der Waals surface area contributed by atoms with Crippen LogP contribution < -0.4 is 11.1 Å². The van der Waals surface area contributed by atoms with Crippen LogP contribution in [0.3, 0.4) is 0 Å². The van der Waals surface area contributed by atoms with Crippen LogP contribution in [0.25, 0.3) is 0 Å². The maximum absolute atomic E-state index is 13.5. The summed E-state index contributed by atoms with van der Waals surface area (Å²) in [4.78, 5) is 11.7. The lowest BCUT2D eigenvalue weighted by Gasteiger charge is -2.13. The van der Waals surface area contributed by atoms with Crippen LogP contribution in [0.15, 0.2) is 16.6 Å². The third-order valence-corrected chi connectivity index (χ3v) is 3.09. The van der Waals surface area contributed by atoms with Crippen molar-refractivity contribution in [2.75, 3.05) is 5.32 Å². The molecule has 0 aliphatic rings. The molecule has 0 bridgehead atoms. The Hall–Kier alpha value is -1.01. The number of hydrogen-bond donors (Lipinski definition) is 2. The molecule has 0 unspecified atom stereocenters. The van der Waals surface area contributed by atoms with Gasteiger partial charge in [0.2, 0.25) is 5.91 Å². The number of anilines is 1. The van der Waals surface area contributed by atoms with Gasteiger partial charge in [0, 0.05) is 10.5 Å². The summed E-state index contributed by atoms with van der Waals surface area (Å²) >= 11 is 2.99. The van der Waals surface area contributed by atoms with Crippen LogP contribution in [0, 0.1) is 11.6 Å². The van der Waals surface area contributed by atoms with Gasteiger partial charge in [0.05, 0.1) is 11.7 Å². The molecule has 0 aliphatic heterocycles. The predicted molar refractivity (Wildman–Crippen MR) is 70.2 cm³/mol. The second-order valence-corrected chi connectivity index (χ2v) is 4.84. The van der Waals surface area contributed by atoms with Crippen molar-refractivity contribution in [1.29, 1.82) is 0 Å². The zero-order valence-corrected chi connectivity index (χ0v) is 11.6. The van der Waals surface area contributed by atoms with Gasteiger partial charge in [-0.15, -0.1) is 0 Å². The highest BCUT2D eigenvalue weighted by Gasteiger charge is 2.17. The van der Waals surface area contributed by atoms with E-state index in [9.17, 15) is 13.6 Å². The molecule has 1 aromatic carbocycles. The summed E-state index contributed by atoms with van der Waals surface area (Å²) < 4.78 is 26.5. The molecule has 3 nitrogen and oxygen atoms in total. The Balaban J connectivity index is 2.76. The maximum Gasteiger partial charge on any atom is 0.241 e. The summed E-state index contributed by atoms with van der Waals surface area (Å²) in [6.07, 6.45) is 2.28. The van der Waals surface area contributed by atoms with Gasteiger partial charge in [-0.2, -0.15) is 0 Å². The van der Waals surface area contributed by atoms with Gasteiger partial charge in [-0.25, -0.2) is 8.78 Å². The number of nitrogens with two attached hydrogens (primary N) is 1. The quantitative estimate of drug-likeness (QED) is 0.875. The first-order chi connectivity index (χ1) is 8.45. The largest absolute Gasteiger partial charge is 0.321 e. The number of halogens is 3. The van der Waals surface area contributed by atoms with Crippen LogP contribution in [0.4, 0.5) is 14.5 Å². The molecule has 6 heteroatoms. The van der Waals surface area contributed by atoms with E-state index in [4.69, 9.17) is 5.73 Å². The minimum Gasteiger partial charge on any atom is -0.321 e. The number of carbonyl (C=O) groups excluding carboxylic acids is 1. The zero-order valence-electron chi connectivity index (χ0n) is 9.97. The van der Waals surface area contributed by atoms with Crippen molar-refractivity contribution in [3.05, 3.63) is 28.2 Å². The summed E-state index contributed by atoms with van der Waals surface area (Å²) in [6.45, 7) is 1.99. The molecule has 18 heavy (non-hydrogen) atoms. The lowest BCUT2D eigenvalue weighted by Crippen LogP contribution is -2.35. The molecule has 0 saturated carbocycles. The molecule has 0 spiro atoms. The fourth-order valence-corrected chi connectivity index (χ4v) is 1.94. The lowest BCUT2D eigenvalue weighted by atomic mass is 10.1. The first-order valence-corrected chi connectivity index (χ1v) is 6.46. The Kier molecular flexibility index (Phi) is 5.68. The standard InChI is InChI=1S/C12H15BrF2N2O/c1-2-3-4-10(16)12(18)17-11-8(13)5-7(14)6-9(11)15/h5-6,10H,2-4,16H2,1H3,(H,17,18)/t10-/m0/s1. The predicted octanol–water partition coefficient (Wildman–Crippen LogP) is 3.18. The van der Waals surface area contributed by atoms with Gasteiger partial charge in [0.1, 0.15) is 5.82 Å². The van der Waals surface area contributed by atoms with Crippen LogP contribution in [0.2, 0.25) is 0 Å². The third-order valence-electron chi connectivity index (χ3n) is 2.46. The Morgan fingerprint density at radius 2 is 2.17 bits per heavy atom. The Morgan fingerprint density at radius 3 is 2.72 bits per heavy atom. The fraction of sp³-hybridized carbons (Fsp3) is 0.417. The highest BCUT2D eigenvalue weighted by Crippen LogP contribution is 2.27. The van der Waals surface area contributed by atoms with Crippen molar-refractivity contribution in [3.8, 4) is 0 Å². The summed E-state index contributed by atoms with van der Waals surface area (Å²) in [7, 11) is 0. The molecule has 0 radical (unpaired) electrons. The fourth-order valence-electron chi connectivity index (χ4n) is 1.43. The number of rotatable bonds is 5. The monoisotopic (exact) mass is 320 g/mol. The van der Waals surface area contributed by atoms with Gasteiger partial charge in [0.25, 0.3) is 0 Å². The molecular weight excluding hydrogens is 306 g/mol. The molecule has 1 amide bonds.